The molecule has 0 aliphatic carbocycles. The molecular weight excluding hydrogens is 238 g/mol. The molecule has 3 rings (SSSR count). The predicted octanol–water partition coefficient (Wildman–Crippen LogP) is 2.97. The molecule has 100 valence electrons. The van der Waals surface area contributed by atoms with Gasteiger partial charge in [0, 0.05) is 31.0 Å². The van der Waals surface area contributed by atoms with Gasteiger partial charge in [0.1, 0.15) is 0 Å². The molecule has 1 saturated heterocycles. The standard InChI is InChI=1S/C15H19N3O/c1-12-9-18(10-13-7-8-19-11-13)15(16-12)17-14-5-3-2-4-6-14/h2-6,9,13H,7-8,10-11H2,1H3,(H,16,17). The van der Waals surface area contributed by atoms with Crippen molar-refractivity contribution in [3.05, 3.63) is 42.2 Å². The van der Waals surface area contributed by atoms with E-state index in [2.05, 4.69) is 21.1 Å². The van der Waals surface area contributed by atoms with Gasteiger partial charge in [-0.25, -0.2) is 4.98 Å². The average Bonchev–Trinajstić information content (AvgIpc) is 3.02. The third-order valence-corrected chi connectivity index (χ3v) is 3.41. The maximum Gasteiger partial charge on any atom is 0.207 e. The molecule has 1 N–H and O–H groups in total. The van der Waals surface area contributed by atoms with E-state index < -0.39 is 0 Å². The minimum atomic E-state index is 0.602. The molecule has 2 aromatic rings. The number of para-hydroxylation sites is 1. The van der Waals surface area contributed by atoms with Crippen LogP contribution in [0.4, 0.5) is 11.6 Å². The highest BCUT2D eigenvalue weighted by molar-refractivity contribution is 5.53. The van der Waals surface area contributed by atoms with Crippen molar-refractivity contribution in [3.63, 3.8) is 0 Å². The monoisotopic (exact) mass is 257 g/mol. The molecule has 0 spiro atoms. The Hall–Kier alpha value is -1.81. The van der Waals surface area contributed by atoms with E-state index in [-0.39, 0.29) is 0 Å². The number of nitrogens with one attached hydrogen (secondary N) is 1. The average molecular weight is 257 g/mol. The van der Waals surface area contributed by atoms with Crippen LogP contribution in [-0.2, 0) is 11.3 Å². The topological polar surface area (TPSA) is 39.1 Å². The Kier molecular flexibility index (Phi) is 3.51. The zero-order valence-electron chi connectivity index (χ0n) is 11.2. The minimum absolute atomic E-state index is 0.602. The van der Waals surface area contributed by atoms with Gasteiger partial charge in [0.25, 0.3) is 0 Å². The van der Waals surface area contributed by atoms with E-state index in [1.807, 2.05) is 37.3 Å². The second-order valence-corrected chi connectivity index (χ2v) is 5.08. The van der Waals surface area contributed by atoms with Crippen molar-refractivity contribution in [1.29, 1.82) is 0 Å². The predicted molar refractivity (Wildman–Crippen MR) is 75.6 cm³/mol. The van der Waals surface area contributed by atoms with Gasteiger partial charge in [-0.1, -0.05) is 18.2 Å². The molecular formula is C15H19N3O. The first kappa shape index (κ1) is 12.2. The fraction of sp³-hybridized carbons (Fsp3) is 0.400. The number of benzene rings is 1. The summed E-state index contributed by atoms with van der Waals surface area (Å²) in [6.07, 6.45) is 3.24. The Morgan fingerprint density at radius 3 is 2.95 bits per heavy atom. The molecule has 1 fully saturated rings. The number of aryl methyl sites for hydroxylation is 1. The van der Waals surface area contributed by atoms with Gasteiger partial charge in [0.15, 0.2) is 0 Å². The van der Waals surface area contributed by atoms with Crippen LogP contribution in [0.5, 0.6) is 0 Å². The molecule has 1 unspecified atom stereocenters. The van der Waals surface area contributed by atoms with Gasteiger partial charge in [0.05, 0.1) is 12.3 Å². The molecule has 19 heavy (non-hydrogen) atoms. The minimum Gasteiger partial charge on any atom is -0.381 e. The molecule has 1 aromatic heterocycles. The molecule has 4 nitrogen and oxygen atoms in total. The third kappa shape index (κ3) is 2.96. The zero-order chi connectivity index (χ0) is 13.1. The quantitative estimate of drug-likeness (QED) is 0.915. The summed E-state index contributed by atoms with van der Waals surface area (Å²) in [7, 11) is 0. The summed E-state index contributed by atoms with van der Waals surface area (Å²) in [5, 5.41) is 3.38. The zero-order valence-corrected chi connectivity index (χ0v) is 11.2. The third-order valence-electron chi connectivity index (χ3n) is 3.41. The van der Waals surface area contributed by atoms with Crippen molar-refractivity contribution in [2.75, 3.05) is 18.5 Å². The molecule has 2 heterocycles. The summed E-state index contributed by atoms with van der Waals surface area (Å²) < 4.78 is 7.64. The van der Waals surface area contributed by atoms with Crippen molar-refractivity contribution in [2.45, 2.75) is 19.9 Å². The molecule has 0 amide bonds. The Balaban J connectivity index is 1.76. The number of nitrogens with zero attached hydrogens (tertiary/aromatic N) is 2. The number of hydrogen-bond donors (Lipinski definition) is 1. The first-order valence-corrected chi connectivity index (χ1v) is 6.75. The Labute approximate surface area is 113 Å². The second-order valence-electron chi connectivity index (χ2n) is 5.08. The molecule has 1 aliphatic heterocycles. The van der Waals surface area contributed by atoms with E-state index in [0.717, 1.165) is 43.5 Å². The summed E-state index contributed by atoms with van der Waals surface area (Å²) in [5.74, 6) is 1.51. The molecule has 0 radical (unpaired) electrons. The molecule has 1 aliphatic rings. The molecule has 1 atom stereocenters. The summed E-state index contributed by atoms with van der Waals surface area (Å²) in [6.45, 7) is 4.75. The van der Waals surface area contributed by atoms with Crippen LogP contribution in [0.15, 0.2) is 36.5 Å². The lowest BCUT2D eigenvalue weighted by Crippen LogP contribution is -2.12. The Bertz CT molecular complexity index is 530. The van der Waals surface area contributed by atoms with Crippen LogP contribution in [0.2, 0.25) is 0 Å². The van der Waals surface area contributed by atoms with E-state index in [4.69, 9.17) is 4.74 Å². The lowest BCUT2D eigenvalue weighted by Gasteiger charge is -2.12. The van der Waals surface area contributed by atoms with Crippen LogP contribution in [0, 0.1) is 12.8 Å². The largest absolute Gasteiger partial charge is 0.381 e. The van der Waals surface area contributed by atoms with E-state index in [0.29, 0.717) is 5.92 Å². The molecule has 0 bridgehead atoms. The fourth-order valence-corrected chi connectivity index (χ4v) is 2.44. The van der Waals surface area contributed by atoms with Gasteiger partial charge in [0.2, 0.25) is 5.95 Å². The van der Waals surface area contributed by atoms with Crippen LogP contribution in [0.25, 0.3) is 0 Å². The van der Waals surface area contributed by atoms with Gasteiger partial charge < -0.3 is 14.6 Å². The number of hydrogen-bond acceptors (Lipinski definition) is 3. The maximum absolute atomic E-state index is 5.44. The highest BCUT2D eigenvalue weighted by Crippen LogP contribution is 2.20. The smallest absolute Gasteiger partial charge is 0.207 e. The van der Waals surface area contributed by atoms with Crippen molar-refractivity contribution in [2.24, 2.45) is 5.92 Å². The first-order valence-electron chi connectivity index (χ1n) is 6.75. The highest BCUT2D eigenvalue weighted by atomic mass is 16.5. The second kappa shape index (κ2) is 5.45. The Morgan fingerprint density at radius 1 is 1.37 bits per heavy atom. The van der Waals surface area contributed by atoms with Crippen LogP contribution >= 0.6 is 0 Å². The summed E-state index contributed by atoms with van der Waals surface area (Å²) in [5.41, 5.74) is 2.11. The summed E-state index contributed by atoms with van der Waals surface area (Å²) >= 11 is 0. The lowest BCUT2D eigenvalue weighted by molar-refractivity contribution is 0.182. The number of anilines is 2. The highest BCUT2D eigenvalue weighted by Gasteiger charge is 2.18. The van der Waals surface area contributed by atoms with Crippen LogP contribution < -0.4 is 5.32 Å². The Morgan fingerprint density at radius 2 is 2.21 bits per heavy atom. The van der Waals surface area contributed by atoms with Crippen molar-refractivity contribution >= 4 is 11.6 Å². The van der Waals surface area contributed by atoms with Gasteiger partial charge >= 0.3 is 0 Å². The number of imidazole rings is 1. The first-order chi connectivity index (χ1) is 9.31. The maximum atomic E-state index is 5.44. The van der Waals surface area contributed by atoms with Gasteiger partial charge in [-0.15, -0.1) is 0 Å². The number of aromatic nitrogens is 2. The van der Waals surface area contributed by atoms with Crippen LogP contribution in [0.1, 0.15) is 12.1 Å². The van der Waals surface area contributed by atoms with Crippen LogP contribution in [0.3, 0.4) is 0 Å². The van der Waals surface area contributed by atoms with Gasteiger partial charge in [-0.05, 0) is 25.5 Å². The number of ether oxygens (including phenoxy) is 1. The SMILES string of the molecule is Cc1cn(CC2CCOC2)c(Nc2ccccc2)n1. The van der Waals surface area contributed by atoms with E-state index in [1.165, 1.54) is 0 Å². The normalized spacial score (nSPS) is 18.7. The van der Waals surface area contributed by atoms with E-state index in [1.54, 1.807) is 0 Å². The van der Waals surface area contributed by atoms with Gasteiger partial charge in [-0.2, -0.15) is 0 Å². The molecule has 4 heteroatoms. The van der Waals surface area contributed by atoms with Crippen molar-refractivity contribution in [3.8, 4) is 0 Å². The summed E-state index contributed by atoms with van der Waals surface area (Å²) in [4.78, 5) is 4.56. The lowest BCUT2D eigenvalue weighted by atomic mass is 10.1. The summed E-state index contributed by atoms with van der Waals surface area (Å²) in [6, 6.07) is 10.2. The van der Waals surface area contributed by atoms with Gasteiger partial charge in [-0.3, -0.25) is 0 Å². The van der Waals surface area contributed by atoms with E-state index >= 15 is 0 Å². The molecule has 0 saturated carbocycles. The van der Waals surface area contributed by atoms with Crippen molar-refractivity contribution in [1.82, 2.24) is 9.55 Å². The van der Waals surface area contributed by atoms with E-state index in [9.17, 15) is 0 Å². The fourth-order valence-electron chi connectivity index (χ4n) is 2.44. The number of rotatable bonds is 4. The van der Waals surface area contributed by atoms with Crippen LogP contribution in [-0.4, -0.2) is 22.8 Å². The molecule has 1 aromatic carbocycles. The van der Waals surface area contributed by atoms with Crippen molar-refractivity contribution < 1.29 is 4.74 Å².